The molecule has 2 aromatic carbocycles. The van der Waals surface area contributed by atoms with Gasteiger partial charge in [-0.3, -0.25) is 0 Å². The summed E-state index contributed by atoms with van der Waals surface area (Å²) in [6.45, 7) is 2.17. The zero-order valence-corrected chi connectivity index (χ0v) is 28.7. The Bertz CT molecular complexity index is 2390. The summed E-state index contributed by atoms with van der Waals surface area (Å²) in [4.78, 5) is 63.6. The molecule has 54 heavy (non-hydrogen) atoms. The third-order valence-corrected chi connectivity index (χ3v) is 9.24. The lowest BCUT2D eigenvalue weighted by molar-refractivity contribution is -0.156. The molecule has 2 aliphatic heterocycles. The van der Waals surface area contributed by atoms with Crippen LogP contribution in [0.1, 0.15) is 36.6 Å². The van der Waals surface area contributed by atoms with Crippen molar-refractivity contribution in [3.63, 3.8) is 0 Å². The number of aliphatic carboxylic acids is 4. The van der Waals surface area contributed by atoms with Gasteiger partial charge in [-0.25, -0.2) is 29.1 Å². The summed E-state index contributed by atoms with van der Waals surface area (Å²) in [6, 6.07) is 25.0. The summed E-state index contributed by atoms with van der Waals surface area (Å²) in [5, 5.41) is 43.4. The second-order valence-electron chi connectivity index (χ2n) is 13.1. The first-order chi connectivity index (χ1) is 25.7. The SMILES string of the molecule is CC(Nc1ccc(-c2c3nc(cc4ccc([nH]4)c(-c4ccc(NC(C)(C(=O)O)C(=O)O)cc4)c4nc(cc5ccc2[nH]5)C=C4)C=C3)cc1)(C(=O)O)C(=O)O. The standard InChI is InChI=1S/C40H32N6O8/c1-39(35(47)48,36(49)50)45-23-7-3-21(4-8-23)33-29-15-11-25(41-29)19-27-13-17-31(43-27)34(32-18-14-28(44-32)20-26-12-16-30(33)42-26)22-5-9-24(10-6-22)46-40(2,37(51)52)38(53)54/h3-20,41,44-46H,1-2H3,(H,47,48)(H,49,50)(H,51,52)(H,53,54). The molecule has 14 nitrogen and oxygen atoms in total. The van der Waals surface area contributed by atoms with Crippen molar-refractivity contribution in [3.05, 3.63) is 108 Å². The van der Waals surface area contributed by atoms with Crippen LogP contribution in [0.4, 0.5) is 11.4 Å². The van der Waals surface area contributed by atoms with Gasteiger partial charge in [-0.15, -0.1) is 0 Å². The smallest absolute Gasteiger partial charge is 0.340 e. The molecule has 0 radical (unpaired) electrons. The van der Waals surface area contributed by atoms with Crippen LogP contribution in [-0.4, -0.2) is 75.3 Å². The molecule has 2 aliphatic rings. The van der Waals surface area contributed by atoms with E-state index in [0.29, 0.717) is 34.2 Å². The van der Waals surface area contributed by atoms with Crippen molar-refractivity contribution in [1.29, 1.82) is 0 Å². The number of anilines is 2. The maximum Gasteiger partial charge on any atom is 0.340 e. The Kier molecular flexibility index (Phi) is 8.57. The van der Waals surface area contributed by atoms with Crippen molar-refractivity contribution in [2.24, 2.45) is 0 Å². The summed E-state index contributed by atoms with van der Waals surface area (Å²) in [7, 11) is 0. The Morgan fingerprint density at radius 3 is 1.20 bits per heavy atom. The normalized spacial score (nSPS) is 12.3. The van der Waals surface area contributed by atoms with E-state index in [9.17, 15) is 39.6 Å². The number of nitrogens with zero attached hydrogens (tertiary/aromatic N) is 2. The van der Waals surface area contributed by atoms with Crippen LogP contribution in [0, 0.1) is 0 Å². The highest BCUT2D eigenvalue weighted by atomic mass is 16.4. The van der Waals surface area contributed by atoms with Gasteiger partial charge in [0.15, 0.2) is 0 Å². The molecule has 0 amide bonds. The number of carbonyl (C=O) groups is 4. The molecule has 0 spiro atoms. The van der Waals surface area contributed by atoms with Crippen LogP contribution in [0.15, 0.2) is 84.9 Å². The van der Waals surface area contributed by atoms with Gasteiger partial charge in [0, 0.05) is 44.6 Å². The monoisotopic (exact) mass is 724 g/mol. The van der Waals surface area contributed by atoms with Crippen molar-refractivity contribution < 1.29 is 39.6 Å². The van der Waals surface area contributed by atoms with Crippen LogP contribution in [-0.2, 0) is 19.2 Å². The molecular weight excluding hydrogens is 692 g/mol. The van der Waals surface area contributed by atoms with E-state index in [1.54, 1.807) is 48.5 Å². The van der Waals surface area contributed by atoms with Crippen molar-refractivity contribution in [3.8, 4) is 22.3 Å². The van der Waals surface area contributed by atoms with Crippen LogP contribution in [0.2, 0.25) is 0 Å². The number of carboxylic acid groups (broad SMARTS) is 4. The van der Waals surface area contributed by atoms with Crippen LogP contribution in [0.5, 0.6) is 0 Å². The number of benzene rings is 2. The Balaban J connectivity index is 1.35. The van der Waals surface area contributed by atoms with Crippen molar-refractivity contribution in [2.75, 3.05) is 10.6 Å². The molecule has 0 saturated carbocycles. The largest absolute Gasteiger partial charge is 0.479 e. The lowest BCUT2D eigenvalue weighted by atomic mass is 10.0. The first-order valence-corrected chi connectivity index (χ1v) is 16.5. The van der Waals surface area contributed by atoms with Gasteiger partial charge >= 0.3 is 23.9 Å². The Hall–Kier alpha value is -7.48. The molecule has 7 rings (SSSR count). The van der Waals surface area contributed by atoms with E-state index >= 15 is 0 Å². The average molecular weight is 725 g/mol. The Morgan fingerprint density at radius 1 is 0.519 bits per heavy atom. The lowest BCUT2D eigenvalue weighted by Gasteiger charge is -2.22. The van der Waals surface area contributed by atoms with E-state index in [2.05, 4.69) is 20.6 Å². The van der Waals surface area contributed by atoms with Crippen molar-refractivity contribution in [2.45, 2.75) is 24.9 Å². The fourth-order valence-corrected chi connectivity index (χ4v) is 6.10. The minimum Gasteiger partial charge on any atom is -0.479 e. The van der Waals surface area contributed by atoms with E-state index in [0.717, 1.165) is 58.2 Å². The zero-order valence-electron chi connectivity index (χ0n) is 28.7. The molecule has 5 heterocycles. The molecular formula is C40H32N6O8. The average Bonchev–Trinajstić information content (AvgIpc) is 3.97. The van der Waals surface area contributed by atoms with Gasteiger partial charge in [0.2, 0.25) is 11.1 Å². The van der Waals surface area contributed by atoms with Crippen LogP contribution >= 0.6 is 0 Å². The Labute approximate surface area is 306 Å². The van der Waals surface area contributed by atoms with Gasteiger partial charge < -0.3 is 41.0 Å². The lowest BCUT2D eigenvalue weighted by Crippen LogP contribution is -2.50. The number of carboxylic acids is 4. The summed E-state index contributed by atoms with van der Waals surface area (Å²) in [6.07, 6.45) is 7.55. The summed E-state index contributed by atoms with van der Waals surface area (Å²) >= 11 is 0. The van der Waals surface area contributed by atoms with Crippen LogP contribution in [0.25, 0.3) is 68.6 Å². The van der Waals surface area contributed by atoms with E-state index in [1.165, 1.54) is 0 Å². The summed E-state index contributed by atoms with van der Waals surface area (Å²) in [5.74, 6) is -6.08. The number of aromatic amines is 2. The zero-order chi connectivity index (χ0) is 38.4. The highest BCUT2D eigenvalue weighted by molar-refractivity contribution is 6.06. The third-order valence-electron chi connectivity index (χ3n) is 9.24. The number of hydrogen-bond acceptors (Lipinski definition) is 8. The second-order valence-corrected chi connectivity index (χ2v) is 13.1. The van der Waals surface area contributed by atoms with E-state index in [4.69, 9.17) is 9.97 Å². The highest BCUT2D eigenvalue weighted by Gasteiger charge is 2.42. The van der Waals surface area contributed by atoms with E-state index < -0.39 is 35.0 Å². The molecule has 270 valence electrons. The number of fused-ring (bicyclic) bond motifs is 8. The fraction of sp³-hybridized carbons (Fsp3) is 0.100. The van der Waals surface area contributed by atoms with Gasteiger partial charge in [-0.1, -0.05) is 24.3 Å². The van der Waals surface area contributed by atoms with Gasteiger partial charge in [0.1, 0.15) is 0 Å². The maximum absolute atomic E-state index is 11.7. The van der Waals surface area contributed by atoms with Crippen LogP contribution in [0.3, 0.4) is 0 Å². The topological polar surface area (TPSA) is 231 Å². The predicted octanol–water partition coefficient (Wildman–Crippen LogP) is 6.67. The van der Waals surface area contributed by atoms with Gasteiger partial charge in [0.25, 0.3) is 0 Å². The van der Waals surface area contributed by atoms with Gasteiger partial charge in [0.05, 0.1) is 22.8 Å². The quantitative estimate of drug-likeness (QED) is 0.0692. The number of hydrogen-bond donors (Lipinski definition) is 8. The number of rotatable bonds is 10. The molecule has 5 aromatic rings. The first-order valence-electron chi connectivity index (χ1n) is 16.5. The summed E-state index contributed by atoms with van der Waals surface area (Å²) in [5.41, 5.74) is 4.87. The number of nitrogens with one attached hydrogen (secondary N) is 4. The predicted molar refractivity (Wildman–Crippen MR) is 204 cm³/mol. The highest BCUT2D eigenvalue weighted by Crippen LogP contribution is 2.34. The minimum absolute atomic E-state index is 0.314. The molecule has 3 aromatic heterocycles. The molecule has 8 bridgehead atoms. The third kappa shape index (κ3) is 6.43. The molecule has 0 atom stereocenters. The fourth-order valence-electron chi connectivity index (χ4n) is 6.10. The van der Waals surface area contributed by atoms with E-state index in [-0.39, 0.29) is 0 Å². The summed E-state index contributed by atoms with van der Waals surface area (Å²) < 4.78 is 0. The molecule has 0 aliphatic carbocycles. The van der Waals surface area contributed by atoms with Crippen molar-refractivity contribution in [1.82, 2.24) is 19.9 Å². The van der Waals surface area contributed by atoms with E-state index in [1.807, 2.05) is 60.7 Å². The molecule has 0 fully saturated rings. The molecule has 0 saturated heterocycles. The molecule has 8 N–H and O–H groups in total. The van der Waals surface area contributed by atoms with Gasteiger partial charge in [-0.2, -0.15) is 0 Å². The maximum atomic E-state index is 11.7. The number of aromatic nitrogens is 4. The van der Waals surface area contributed by atoms with Crippen molar-refractivity contribution >= 4 is 81.6 Å². The molecule has 0 unspecified atom stereocenters. The molecule has 14 heteroatoms. The number of H-pyrrole nitrogens is 2. The minimum atomic E-state index is -2.22. The first kappa shape index (κ1) is 34.9. The van der Waals surface area contributed by atoms with Crippen LogP contribution < -0.4 is 10.6 Å². The van der Waals surface area contributed by atoms with Gasteiger partial charge in [-0.05, 0) is 110 Å². The second kappa shape index (κ2) is 13.2. The Morgan fingerprint density at radius 2 is 0.870 bits per heavy atom.